The lowest BCUT2D eigenvalue weighted by Gasteiger charge is -2.35. The summed E-state index contributed by atoms with van der Waals surface area (Å²) in [6, 6.07) is 8.50. The normalized spacial score (nSPS) is 17.8. The van der Waals surface area contributed by atoms with Gasteiger partial charge in [-0.25, -0.2) is 0 Å². The number of likely N-dealkylation sites (N-methyl/N-ethyl adjacent to an activating group) is 1. The van der Waals surface area contributed by atoms with Gasteiger partial charge >= 0.3 is 0 Å². The molecule has 1 aromatic carbocycles. The van der Waals surface area contributed by atoms with E-state index in [-0.39, 0.29) is 18.4 Å². The molecule has 1 aliphatic heterocycles. The van der Waals surface area contributed by atoms with E-state index >= 15 is 0 Å². The van der Waals surface area contributed by atoms with Gasteiger partial charge in [0.1, 0.15) is 11.8 Å². The molecule has 2 atom stereocenters. The number of amides is 2. The maximum absolute atomic E-state index is 12.9. The fourth-order valence-corrected chi connectivity index (χ4v) is 2.59. The molecule has 0 saturated heterocycles. The lowest BCUT2D eigenvalue weighted by Crippen LogP contribution is -2.51. The minimum absolute atomic E-state index is 0.140. The molecule has 0 aliphatic carbocycles. The summed E-state index contributed by atoms with van der Waals surface area (Å²) in [7, 11) is 1.55. The number of benzene rings is 1. The number of ether oxygens (including phenoxy) is 1. The van der Waals surface area contributed by atoms with Crippen LogP contribution < -0.4 is 15.0 Å². The molecule has 1 aromatic heterocycles. The molecule has 0 bridgehead atoms. The summed E-state index contributed by atoms with van der Waals surface area (Å²) < 4.78 is 7.30. The van der Waals surface area contributed by atoms with Crippen LogP contribution in [0.25, 0.3) is 0 Å². The van der Waals surface area contributed by atoms with Gasteiger partial charge in [-0.3, -0.25) is 14.3 Å². The Morgan fingerprint density at radius 2 is 2.13 bits per heavy atom. The first-order chi connectivity index (χ1) is 11.1. The number of hydrogen-bond donors (Lipinski definition) is 1. The van der Waals surface area contributed by atoms with E-state index in [4.69, 9.17) is 4.74 Å². The Morgan fingerprint density at radius 1 is 1.35 bits per heavy atom. The maximum atomic E-state index is 12.9. The van der Waals surface area contributed by atoms with Crippen molar-refractivity contribution in [2.24, 2.45) is 0 Å². The summed E-state index contributed by atoms with van der Waals surface area (Å²) >= 11 is 0. The standard InChI is InChI=1S/C16H18N4O3/c1-11(20-9-5-8-18-20)16(22)19-10-14(15(21)17-2)23-13-7-4-3-6-12(13)19/h3-9,11,14H,10H2,1-2H3,(H,17,21)/t11-,14+/m1/s1. The van der Waals surface area contributed by atoms with Gasteiger partial charge in [-0.1, -0.05) is 12.1 Å². The lowest BCUT2D eigenvalue weighted by atomic mass is 10.1. The molecule has 0 radical (unpaired) electrons. The second-order valence-electron chi connectivity index (χ2n) is 5.30. The number of rotatable bonds is 3. The minimum Gasteiger partial charge on any atom is -0.477 e. The van der Waals surface area contributed by atoms with Gasteiger partial charge in [-0.05, 0) is 25.1 Å². The molecule has 120 valence electrons. The molecule has 23 heavy (non-hydrogen) atoms. The van der Waals surface area contributed by atoms with Crippen molar-refractivity contribution in [3.63, 3.8) is 0 Å². The summed E-state index contributed by atoms with van der Waals surface area (Å²) in [5, 5.41) is 6.68. The molecule has 0 fully saturated rings. The van der Waals surface area contributed by atoms with E-state index in [1.807, 2.05) is 18.2 Å². The number of carbonyl (C=O) groups excluding carboxylic acids is 2. The van der Waals surface area contributed by atoms with Crippen LogP contribution >= 0.6 is 0 Å². The number of anilines is 1. The van der Waals surface area contributed by atoms with Gasteiger partial charge in [0.05, 0.1) is 12.2 Å². The monoisotopic (exact) mass is 314 g/mol. The lowest BCUT2D eigenvalue weighted by molar-refractivity contribution is -0.128. The first-order valence-electron chi connectivity index (χ1n) is 7.39. The zero-order chi connectivity index (χ0) is 16.4. The van der Waals surface area contributed by atoms with Crippen molar-refractivity contribution in [1.82, 2.24) is 15.1 Å². The summed E-state index contributed by atoms with van der Waals surface area (Å²) in [6.45, 7) is 1.95. The van der Waals surface area contributed by atoms with Gasteiger partial charge in [0, 0.05) is 19.4 Å². The first kappa shape index (κ1) is 15.1. The quantitative estimate of drug-likeness (QED) is 0.916. The van der Waals surface area contributed by atoms with Crippen molar-refractivity contribution in [2.45, 2.75) is 19.1 Å². The van der Waals surface area contributed by atoms with Crippen LogP contribution in [0.4, 0.5) is 5.69 Å². The highest BCUT2D eigenvalue weighted by Gasteiger charge is 2.35. The van der Waals surface area contributed by atoms with Gasteiger partial charge in [-0.2, -0.15) is 5.10 Å². The summed E-state index contributed by atoms with van der Waals surface area (Å²) in [4.78, 5) is 26.4. The van der Waals surface area contributed by atoms with Crippen LogP contribution in [-0.2, 0) is 9.59 Å². The molecule has 0 unspecified atom stereocenters. The van der Waals surface area contributed by atoms with Crippen LogP contribution in [0.3, 0.4) is 0 Å². The molecule has 7 nitrogen and oxygen atoms in total. The molecular weight excluding hydrogens is 296 g/mol. The van der Waals surface area contributed by atoms with E-state index < -0.39 is 12.1 Å². The van der Waals surface area contributed by atoms with E-state index in [2.05, 4.69) is 10.4 Å². The van der Waals surface area contributed by atoms with Crippen LogP contribution in [-0.4, -0.2) is 41.3 Å². The van der Waals surface area contributed by atoms with Crippen LogP contribution in [0, 0.1) is 0 Å². The molecule has 2 amide bonds. The number of hydrogen-bond acceptors (Lipinski definition) is 4. The number of aromatic nitrogens is 2. The summed E-state index contributed by atoms with van der Waals surface area (Å²) in [5.74, 6) is 0.121. The van der Waals surface area contributed by atoms with Gasteiger partial charge in [0.15, 0.2) is 6.10 Å². The highest BCUT2D eigenvalue weighted by molar-refractivity contribution is 5.99. The third-order valence-corrected chi connectivity index (χ3v) is 3.86. The smallest absolute Gasteiger partial charge is 0.262 e. The molecule has 7 heteroatoms. The zero-order valence-electron chi connectivity index (χ0n) is 13.0. The first-order valence-corrected chi connectivity index (χ1v) is 7.39. The predicted molar refractivity (Wildman–Crippen MR) is 84.2 cm³/mol. The second-order valence-corrected chi connectivity index (χ2v) is 5.30. The van der Waals surface area contributed by atoms with E-state index in [1.165, 1.54) is 0 Å². The minimum atomic E-state index is -0.733. The van der Waals surface area contributed by atoms with Crippen molar-refractivity contribution in [2.75, 3.05) is 18.5 Å². The summed E-state index contributed by atoms with van der Waals surface area (Å²) in [6.07, 6.45) is 2.64. The predicted octanol–water partition coefficient (Wildman–Crippen LogP) is 0.984. The van der Waals surface area contributed by atoms with Gasteiger partial charge in [0.2, 0.25) is 0 Å². The third-order valence-electron chi connectivity index (χ3n) is 3.86. The van der Waals surface area contributed by atoms with Crippen LogP contribution in [0.1, 0.15) is 13.0 Å². The Labute approximate surface area is 133 Å². The van der Waals surface area contributed by atoms with Crippen molar-refractivity contribution >= 4 is 17.5 Å². The molecule has 2 heterocycles. The molecule has 0 saturated carbocycles. The van der Waals surface area contributed by atoms with E-state index in [9.17, 15) is 9.59 Å². The Bertz CT molecular complexity index is 714. The Balaban J connectivity index is 1.93. The van der Waals surface area contributed by atoms with E-state index in [0.29, 0.717) is 11.4 Å². The van der Waals surface area contributed by atoms with Crippen molar-refractivity contribution in [3.05, 3.63) is 42.7 Å². The summed E-state index contributed by atoms with van der Waals surface area (Å²) in [5.41, 5.74) is 0.664. The maximum Gasteiger partial charge on any atom is 0.262 e. The van der Waals surface area contributed by atoms with Gasteiger partial charge < -0.3 is 15.0 Å². The van der Waals surface area contributed by atoms with Crippen molar-refractivity contribution in [1.29, 1.82) is 0 Å². The molecule has 1 aliphatic rings. The molecular formula is C16H18N4O3. The largest absolute Gasteiger partial charge is 0.477 e. The third kappa shape index (κ3) is 2.77. The van der Waals surface area contributed by atoms with E-state index in [1.54, 1.807) is 48.1 Å². The average Bonchev–Trinajstić information content (AvgIpc) is 3.13. The fraction of sp³-hybridized carbons (Fsp3) is 0.312. The van der Waals surface area contributed by atoms with Gasteiger partial charge in [0.25, 0.3) is 11.8 Å². The number of nitrogens with one attached hydrogen (secondary N) is 1. The van der Waals surface area contributed by atoms with Crippen LogP contribution in [0.15, 0.2) is 42.7 Å². The topological polar surface area (TPSA) is 76.5 Å². The Hall–Kier alpha value is -2.83. The Morgan fingerprint density at radius 3 is 2.83 bits per heavy atom. The number of para-hydroxylation sites is 2. The second kappa shape index (κ2) is 6.12. The van der Waals surface area contributed by atoms with Crippen molar-refractivity contribution < 1.29 is 14.3 Å². The number of nitrogens with zero attached hydrogens (tertiary/aromatic N) is 3. The van der Waals surface area contributed by atoms with Crippen LogP contribution in [0.2, 0.25) is 0 Å². The number of carbonyl (C=O) groups is 2. The molecule has 3 rings (SSSR count). The average molecular weight is 314 g/mol. The Kier molecular flexibility index (Phi) is 4.01. The SMILES string of the molecule is CNC(=O)[C@@H]1CN(C(=O)[C@@H](C)n2cccn2)c2ccccc2O1. The molecule has 1 N–H and O–H groups in total. The number of fused-ring (bicyclic) bond motifs is 1. The van der Waals surface area contributed by atoms with Crippen molar-refractivity contribution in [3.8, 4) is 5.75 Å². The van der Waals surface area contributed by atoms with Gasteiger partial charge in [-0.15, -0.1) is 0 Å². The highest BCUT2D eigenvalue weighted by Crippen LogP contribution is 2.34. The molecule has 2 aromatic rings. The van der Waals surface area contributed by atoms with Crippen LogP contribution in [0.5, 0.6) is 5.75 Å². The highest BCUT2D eigenvalue weighted by atomic mass is 16.5. The molecule has 0 spiro atoms. The zero-order valence-corrected chi connectivity index (χ0v) is 13.0. The fourth-order valence-electron chi connectivity index (χ4n) is 2.59. The van der Waals surface area contributed by atoms with E-state index in [0.717, 1.165) is 0 Å².